The van der Waals surface area contributed by atoms with Gasteiger partial charge in [0.05, 0.1) is 16.9 Å². The number of hydroxylamine groups is 1. The number of rotatable bonds is 2. The van der Waals surface area contributed by atoms with Crippen LogP contribution in [0.5, 0.6) is 0 Å². The van der Waals surface area contributed by atoms with E-state index >= 15 is 0 Å². The number of nitrogens with zero attached hydrogens (tertiary/aromatic N) is 1. The maximum atomic E-state index is 12.2. The van der Waals surface area contributed by atoms with Crippen molar-refractivity contribution in [3.05, 3.63) is 53.6 Å². The van der Waals surface area contributed by atoms with Crippen LogP contribution < -0.4 is 16.9 Å². The normalized spacial score (nSPS) is 9.24. The largest absolute Gasteiger partial charge is 0.397 e. The van der Waals surface area contributed by atoms with Crippen molar-refractivity contribution in [1.29, 1.82) is 0 Å². The Morgan fingerprint density at radius 3 is 2.38 bits per heavy atom. The summed E-state index contributed by atoms with van der Waals surface area (Å²) in [5.41, 5.74) is 13.1. The molecule has 0 aliphatic heterocycles. The van der Waals surface area contributed by atoms with Crippen molar-refractivity contribution in [3.8, 4) is 0 Å². The fraction of sp³-hybridized carbons (Fsp3) is 0. The smallest absolute Gasteiger partial charge is 0.276 e. The lowest BCUT2D eigenvalue weighted by atomic mass is 10.2. The van der Waals surface area contributed by atoms with Crippen molar-refractivity contribution in [1.82, 2.24) is 10.5 Å². The van der Waals surface area contributed by atoms with Crippen LogP contribution in [0.2, 0.25) is 0 Å². The molecule has 0 saturated carbocycles. The molecule has 0 fully saturated rings. The fourth-order valence-corrected chi connectivity index (χ4v) is 1.22. The number of halogens is 1. The summed E-state index contributed by atoms with van der Waals surface area (Å²) in [4.78, 5) is 24.5. The highest BCUT2D eigenvalue weighted by atomic mass is 19.1. The summed E-state index contributed by atoms with van der Waals surface area (Å²) >= 11 is 0. The lowest BCUT2D eigenvalue weighted by Gasteiger charge is -1.96. The Morgan fingerprint density at radius 1 is 1.24 bits per heavy atom. The zero-order valence-corrected chi connectivity index (χ0v) is 10.8. The van der Waals surface area contributed by atoms with E-state index in [0.29, 0.717) is 12.0 Å². The van der Waals surface area contributed by atoms with Crippen molar-refractivity contribution in [3.63, 3.8) is 0 Å². The van der Waals surface area contributed by atoms with Gasteiger partial charge in [0.25, 0.3) is 5.91 Å². The predicted molar refractivity (Wildman–Crippen MR) is 74.1 cm³/mol. The molecule has 0 radical (unpaired) electrons. The highest BCUT2D eigenvalue weighted by Gasteiger charge is 2.03. The number of aromatic nitrogens is 1. The molecule has 8 heteroatoms. The number of pyridine rings is 1. The first-order valence-electron chi connectivity index (χ1n) is 5.64. The third-order valence-electron chi connectivity index (χ3n) is 2.32. The highest BCUT2D eigenvalue weighted by molar-refractivity contribution is 5.93. The molecule has 1 amide bonds. The first-order valence-corrected chi connectivity index (χ1v) is 5.64. The molecule has 0 aliphatic carbocycles. The van der Waals surface area contributed by atoms with Gasteiger partial charge in [-0.3, -0.25) is 19.8 Å². The Morgan fingerprint density at radius 2 is 1.95 bits per heavy atom. The van der Waals surface area contributed by atoms with Crippen molar-refractivity contribution in [2.75, 3.05) is 11.5 Å². The number of aldehydes is 1. The second kappa shape index (κ2) is 7.56. The van der Waals surface area contributed by atoms with Crippen LogP contribution in [0.4, 0.5) is 15.8 Å². The van der Waals surface area contributed by atoms with Gasteiger partial charge in [-0.1, -0.05) is 0 Å². The van der Waals surface area contributed by atoms with Crippen molar-refractivity contribution in [2.24, 2.45) is 0 Å². The molecular weight excluding hydrogens is 279 g/mol. The number of amides is 1. The highest BCUT2D eigenvalue weighted by Crippen LogP contribution is 2.13. The third-order valence-corrected chi connectivity index (χ3v) is 2.32. The summed E-state index contributed by atoms with van der Waals surface area (Å²) in [5, 5.41) is 8.22. The van der Waals surface area contributed by atoms with Crippen LogP contribution >= 0.6 is 0 Å². The Kier molecular flexibility index (Phi) is 5.78. The van der Waals surface area contributed by atoms with E-state index < -0.39 is 5.91 Å². The van der Waals surface area contributed by atoms with Gasteiger partial charge in [0.15, 0.2) is 6.29 Å². The monoisotopic (exact) mass is 292 g/mol. The van der Waals surface area contributed by atoms with E-state index in [2.05, 4.69) is 4.98 Å². The number of carbonyl (C=O) groups is 2. The Bertz CT molecular complexity index is 632. The van der Waals surface area contributed by atoms with E-state index in [4.69, 9.17) is 16.7 Å². The second-order valence-electron chi connectivity index (χ2n) is 3.80. The number of hydrogen-bond donors (Lipinski definition) is 4. The van der Waals surface area contributed by atoms with E-state index in [-0.39, 0.29) is 22.8 Å². The molecule has 1 aromatic carbocycles. The molecule has 1 heterocycles. The van der Waals surface area contributed by atoms with Gasteiger partial charge in [0.2, 0.25) is 0 Å². The predicted octanol–water partition coefficient (Wildman–Crippen LogP) is 1.00. The SMILES string of the molecule is Nc1ccc(F)cc1N.O=Cc1ccc(C(=O)NO)cn1. The molecular formula is C13H13FN4O3. The van der Waals surface area contributed by atoms with E-state index in [1.165, 1.54) is 42.0 Å². The molecule has 2 rings (SSSR count). The Hall–Kier alpha value is -3.00. The molecule has 0 spiro atoms. The molecule has 21 heavy (non-hydrogen) atoms. The van der Waals surface area contributed by atoms with E-state index in [0.717, 1.165) is 0 Å². The van der Waals surface area contributed by atoms with E-state index in [1.807, 2.05) is 0 Å². The third kappa shape index (κ3) is 4.88. The van der Waals surface area contributed by atoms with Gasteiger partial charge < -0.3 is 11.5 Å². The lowest BCUT2D eigenvalue weighted by Crippen LogP contribution is -2.18. The lowest BCUT2D eigenvalue weighted by molar-refractivity contribution is 0.0705. The van der Waals surface area contributed by atoms with Crippen molar-refractivity contribution >= 4 is 23.6 Å². The number of hydrogen-bond acceptors (Lipinski definition) is 6. The average molecular weight is 292 g/mol. The number of carbonyl (C=O) groups excluding carboxylic acids is 2. The van der Waals surface area contributed by atoms with Crippen molar-refractivity contribution in [2.45, 2.75) is 0 Å². The van der Waals surface area contributed by atoms with Crippen LogP contribution in [-0.2, 0) is 0 Å². The van der Waals surface area contributed by atoms with Gasteiger partial charge >= 0.3 is 0 Å². The molecule has 2 aromatic rings. The maximum absolute atomic E-state index is 12.2. The van der Waals surface area contributed by atoms with Gasteiger partial charge in [-0.15, -0.1) is 0 Å². The summed E-state index contributed by atoms with van der Waals surface area (Å²) in [7, 11) is 0. The summed E-state index contributed by atoms with van der Waals surface area (Å²) in [6.45, 7) is 0. The van der Waals surface area contributed by atoms with Crippen LogP contribution in [0, 0.1) is 5.82 Å². The number of nitrogen functional groups attached to an aromatic ring is 2. The average Bonchev–Trinajstić information content (AvgIpc) is 2.51. The molecule has 110 valence electrons. The summed E-state index contributed by atoms with van der Waals surface area (Å²) in [6, 6.07) is 6.67. The van der Waals surface area contributed by atoms with E-state index in [1.54, 1.807) is 0 Å². The molecule has 0 saturated heterocycles. The van der Waals surface area contributed by atoms with Gasteiger partial charge in [-0.05, 0) is 30.3 Å². The van der Waals surface area contributed by atoms with Gasteiger partial charge in [-0.25, -0.2) is 9.87 Å². The summed E-state index contributed by atoms with van der Waals surface area (Å²) in [5.74, 6) is -1.01. The van der Waals surface area contributed by atoms with Crippen LogP contribution in [0.3, 0.4) is 0 Å². The quantitative estimate of drug-likeness (QED) is 0.282. The molecule has 0 aliphatic rings. The second-order valence-corrected chi connectivity index (χ2v) is 3.80. The van der Waals surface area contributed by atoms with Gasteiger partial charge in [0.1, 0.15) is 11.5 Å². The molecule has 0 atom stereocenters. The number of nitrogens with one attached hydrogen (secondary N) is 1. The first kappa shape index (κ1) is 16.1. The van der Waals surface area contributed by atoms with Crippen LogP contribution in [0.25, 0.3) is 0 Å². The maximum Gasteiger partial charge on any atom is 0.276 e. The topological polar surface area (TPSA) is 131 Å². The number of benzene rings is 1. The molecule has 0 unspecified atom stereocenters. The van der Waals surface area contributed by atoms with Gasteiger partial charge in [-0.2, -0.15) is 0 Å². The minimum absolute atomic E-state index is 0.197. The van der Waals surface area contributed by atoms with Crippen LogP contribution in [0.1, 0.15) is 20.8 Å². The number of nitrogens with two attached hydrogens (primary N) is 2. The molecule has 0 bridgehead atoms. The van der Waals surface area contributed by atoms with E-state index in [9.17, 15) is 14.0 Å². The first-order chi connectivity index (χ1) is 9.97. The summed E-state index contributed by atoms with van der Waals surface area (Å²) < 4.78 is 12.2. The zero-order valence-electron chi connectivity index (χ0n) is 10.8. The van der Waals surface area contributed by atoms with Crippen LogP contribution in [0.15, 0.2) is 36.5 Å². The summed E-state index contributed by atoms with van der Waals surface area (Å²) in [6.07, 6.45) is 1.77. The van der Waals surface area contributed by atoms with Gasteiger partial charge in [0, 0.05) is 6.20 Å². The number of anilines is 2. The van der Waals surface area contributed by atoms with Crippen LogP contribution in [-0.4, -0.2) is 22.4 Å². The minimum Gasteiger partial charge on any atom is -0.397 e. The molecule has 1 aromatic heterocycles. The standard InChI is InChI=1S/C7H6N2O3.C6H7FN2/c10-4-6-2-1-5(3-8-6)7(11)9-12;7-4-1-2-5(8)6(9)3-4/h1-4,12H,(H,9,11);1-3H,8-9H2. The minimum atomic E-state index is -0.653. The van der Waals surface area contributed by atoms with Crippen molar-refractivity contribution < 1.29 is 19.2 Å². The Labute approximate surface area is 119 Å². The molecule has 6 N–H and O–H groups in total. The molecule has 7 nitrogen and oxygen atoms in total. The Balaban J connectivity index is 0.000000219. The zero-order chi connectivity index (χ0) is 15.8. The fourth-order valence-electron chi connectivity index (χ4n) is 1.22.